The standard InChI is InChI=1S/C26H26N6O2/c1-34-22-14-12-21(13-15-22)26(33)31-30-24-23(27)25(29-18-28-24)32(16-19-8-4-2-5-9-19)17-20-10-6-3-7-11-20/h2-15,18H,16-17,27H2,1H3,(H,31,33)(H,28,29,30). The Morgan fingerprint density at radius 2 is 1.47 bits per heavy atom. The van der Waals surface area contributed by atoms with E-state index in [0.717, 1.165) is 11.1 Å². The van der Waals surface area contributed by atoms with E-state index in [1.807, 2.05) is 36.4 Å². The zero-order chi connectivity index (χ0) is 23.8. The number of anilines is 3. The smallest absolute Gasteiger partial charge is 0.269 e. The van der Waals surface area contributed by atoms with Crippen molar-refractivity contribution in [2.45, 2.75) is 13.1 Å². The Hall–Kier alpha value is -4.59. The molecule has 34 heavy (non-hydrogen) atoms. The van der Waals surface area contributed by atoms with Crippen LogP contribution in [0.4, 0.5) is 17.3 Å². The van der Waals surface area contributed by atoms with Gasteiger partial charge in [-0.1, -0.05) is 60.7 Å². The first-order valence-electron chi connectivity index (χ1n) is 10.8. The van der Waals surface area contributed by atoms with E-state index in [0.29, 0.717) is 41.7 Å². The molecule has 4 rings (SSSR count). The van der Waals surface area contributed by atoms with Gasteiger partial charge in [0.2, 0.25) is 0 Å². The Bertz CT molecular complexity index is 1180. The molecule has 1 heterocycles. The summed E-state index contributed by atoms with van der Waals surface area (Å²) in [5.74, 6) is 1.24. The minimum absolute atomic E-state index is 0.318. The molecule has 3 aromatic carbocycles. The van der Waals surface area contributed by atoms with Crippen LogP contribution in [0.15, 0.2) is 91.3 Å². The van der Waals surface area contributed by atoms with Crippen molar-refractivity contribution in [3.8, 4) is 5.75 Å². The van der Waals surface area contributed by atoms with E-state index >= 15 is 0 Å². The fraction of sp³-hybridized carbons (Fsp3) is 0.115. The summed E-state index contributed by atoms with van der Waals surface area (Å²) in [7, 11) is 1.57. The molecule has 1 aromatic heterocycles. The van der Waals surface area contributed by atoms with Crippen molar-refractivity contribution in [1.82, 2.24) is 15.4 Å². The van der Waals surface area contributed by atoms with Gasteiger partial charge in [0.15, 0.2) is 11.6 Å². The van der Waals surface area contributed by atoms with Crippen LogP contribution in [0.1, 0.15) is 21.5 Å². The van der Waals surface area contributed by atoms with Crippen molar-refractivity contribution in [2.75, 3.05) is 23.2 Å². The zero-order valence-electron chi connectivity index (χ0n) is 18.8. The average molecular weight is 455 g/mol. The number of carbonyl (C=O) groups excluding carboxylic acids is 1. The van der Waals surface area contributed by atoms with Gasteiger partial charge >= 0.3 is 0 Å². The monoisotopic (exact) mass is 454 g/mol. The topological polar surface area (TPSA) is 105 Å². The van der Waals surface area contributed by atoms with Crippen LogP contribution in [-0.2, 0) is 13.1 Å². The van der Waals surface area contributed by atoms with Crippen LogP contribution >= 0.6 is 0 Å². The number of rotatable bonds is 9. The Morgan fingerprint density at radius 3 is 2.03 bits per heavy atom. The number of ether oxygens (including phenoxy) is 1. The Kier molecular flexibility index (Phi) is 7.19. The second-order valence-corrected chi connectivity index (χ2v) is 7.59. The molecule has 4 aromatic rings. The molecule has 0 saturated carbocycles. The Morgan fingerprint density at radius 1 is 0.882 bits per heavy atom. The number of amides is 1. The molecule has 1 amide bonds. The number of methoxy groups -OCH3 is 1. The molecule has 0 aliphatic rings. The maximum Gasteiger partial charge on any atom is 0.269 e. The number of nitrogen functional groups attached to an aromatic ring is 1. The normalized spacial score (nSPS) is 10.4. The number of benzene rings is 3. The average Bonchev–Trinajstić information content (AvgIpc) is 2.89. The predicted molar refractivity (Wildman–Crippen MR) is 133 cm³/mol. The van der Waals surface area contributed by atoms with E-state index in [9.17, 15) is 4.79 Å². The van der Waals surface area contributed by atoms with Crippen LogP contribution in [0.3, 0.4) is 0 Å². The molecular formula is C26H26N6O2. The van der Waals surface area contributed by atoms with Gasteiger partial charge in [-0.2, -0.15) is 0 Å². The lowest BCUT2D eigenvalue weighted by Gasteiger charge is -2.26. The van der Waals surface area contributed by atoms with Crippen molar-refractivity contribution in [3.63, 3.8) is 0 Å². The molecule has 0 atom stereocenters. The van der Waals surface area contributed by atoms with E-state index in [-0.39, 0.29) is 5.91 Å². The molecule has 0 fully saturated rings. The van der Waals surface area contributed by atoms with Crippen molar-refractivity contribution in [1.29, 1.82) is 0 Å². The highest BCUT2D eigenvalue weighted by Crippen LogP contribution is 2.28. The number of nitrogens with two attached hydrogens (primary N) is 1. The maximum absolute atomic E-state index is 12.5. The van der Waals surface area contributed by atoms with Gasteiger partial charge in [0.25, 0.3) is 5.91 Å². The third-order valence-electron chi connectivity index (χ3n) is 5.24. The van der Waals surface area contributed by atoms with Crippen LogP contribution < -0.4 is 26.2 Å². The lowest BCUT2D eigenvalue weighted by molar-refractivity contribution is 0.0962. The van der Waals surface area contributed by atoms with Crippen LogP contribution in [0, 0.1) is 0 Å². The lowest BCUT2D eigenvalue weighted by atomic mass is 10.1. The SMILES string of the molecule is COc1ccc(C(=O)NNc2ncnc(N(Cc3ccccc3)Cc3ccccc3)c2N)cc1. The van der Waals surface area contributed by atoms with Crippen molar-refractivity contribution < 1.29 is 9.53 Å². The van der Waals surface area contributed by atoms with Gasteiger partial charge in [0, 0.05) is 18.7 Å². The fourth-order valence-electron chi connectivity index (χ4n) is 3.48. The van der Waals surface area contributed by atoms with E-state index < -0.39 is 0 Å². The zero-order valence-corrected chi connectivity index (χ0v) is 18.8. The number of aromatic nitrogens is 2. The van der Waals surface area contributed by atoms with Gasteiger partial charge in [-0.3, -0.25) is 15.6 Å². The fourth-order valence-corrected chi connectivity index (χ4v) is 3.48. The first kappa shape index (κ1) is 22.6. The minimum atomic E-state index is -0.326. The molecule has 8 nitrogen and oxygen atoms in total. The molecule has 0 bridgehead atoms. The van der Waals surface area contributed by atoms with Crippen LogP contribution in [0.25, 0.3) is 0 Å². The van der Waals surface area contributed by atoms with E-state index in [1.165, 1.54) is 6.33 Å². The quantitative estimate of drug-likeness (QED) is 0.328. The van der Waals surface area contributed by atoms with Gasteiger partial charge < -0.3 is 15.4 Å². The maximum atomic E-state index is 12.5. The second-order valence-electron chi connectivity index (χ2n) is 7.59. The highest BCUT2D eigenvalue weighted by molar-refractivity contribution is 5.95. The largest absolute Gasteiger partial charge is 0.497 e. The highest BCUT2D eigenvalue weighted by atomic mass is 16.5. The number of hydrazine groups is 1. The summed E-state index contributed by atoms with van der Waals surface area (Å²) >= 11 is 0. The lowest BCUT2D eigenvalue weighted by Crippen LogP contribution is -2.31. The van der Waals surface area contributed by atoms with Gasteiger partial charge in [0.1, 0.15) is 17.8 Å². The second kappa shape index (κ2) is 10.8. The molecule has 0 unspecified atom stereocenters. The van der Waals surface area contributed by atoms with Crippen molar-refractivity contribution >= 4 is 23.2 Å². The Balaban J connectivity index is 1.54. The van der Waals surface area contributed by atoms with Gasteiger partial charge in [0.05, 0.1) is 7.11 Å². The summed E-state index contributed by atoms with van der Waals surface area (Å²) in [6.45, 7) is 1.21. The van der Waals surface area contributed by atoms with E-state index in [4.69, 9.17) is 10.5 Å². The van der Waals surface area contributed by atoms with E-state index in [2.05, 4.69) is 50.0 Å². The molecule has 0 saturated heterocycles. The van der Waals surface area contributed by atoms with Gasteiger partial charge in [-0.25, -0.2) is 9.97 Å². The molecule has 0 aliphatic heterocycles. The summed E-state index contributed by atoms with van der Waals surface area (Å²) in [4.78, 5) is 23.3. The van der Waals surface area contributed by atoms with E-state index in [1.54, 1.807) is 31.4 Å². The third-order valence-corrected chi connectivity index (χ3v) is 5.24. The molecule has 0 aliphatic carbocycles. The number of nitrogens with zero attached hydrogens (tertiary/aromatic N) is 3. The van der Waals surface area contributed by atoms with Crippen LogP contribution in [0.2, 0.25) is 0 Å². The summed E-state index contributed by atoms with van der Waals surface area (Å²) in [6.07, 6.45) is 1.43. The van der Waals surface area contributed by atoms with Crippen molar-refractivity contribution in [2.24, 2.45) is 0 Å². The molecule has 172 valence electrons. The summed E-state index contributed by atoms with van der Waals surface area (Å²) in [6, 6.07) is 27.0. The third kappa shape index (κ3) is 5.60. The van der Waals surface area contributed by atoms with Crippen molar-refractivity contribution in [3.05, 3.63) is 108 Å². The first-order chi connectivity index (χ1) is 16.6. The molecular weight excluding hydrogens is 428 g/mol. The molecule has 0 spiro atoms. The summed E-state index contributed by atoms with van der Waals surface area (Å²) < 4.78 is 5.13. The number of nitrogens with one attached hydrogen (secondary N) is 2. The first-order valence-corrected chi connectivity index (χ1v) is 10.8. The predicted octanol–water partition coefficient (Wildman–Crippen LogP) is 4.03. The highest BCUT2D eigenvalue weighted by Gasteiger charge is 2.17. The van der Waals surface area contributed by atoms with Gasteiger partial charge in [-0.05, 0) is 35.4 Å². The Labute approximate surface area is 198 Å². The summed E-state index contributed by atoms with van der Waals surface area (Å²) in [5.41, 5.74) is 15.0. The number of hydrogen-bond acceptors (Lipinski definition) is 7. The van der Waals surface area contributed by atoms with Gasteiger partial charge in [-0.15, -0.1) is 0 Å². The molecule has 8 heteroatoms. The van der Waals surface area contributed by atoms with Crippen LogP contribution in [0.5, 0.6) is 5.75 Å². The number of hydrogen-bond donors (Lipinski definition) is 3. The van der Waals surface area contributed by atoms with Crippen LogP contribution in [-0.4, -0.2) is 23.0 Å². The molecule has 0 radical (unpaired) electrons. The molecule has 4 N–H and O–H groups in total. The minimum Gasteiger partial charge on any atom is -0.497 e. The number of carbonyl (C=O) groups is 1. The summed E-state index contributed by atoms with van der Waals surface area (Å²) in [5, 5.41) is 0.